The molecule has 19 heavy (non-hydrogen) atoms. The molecule has 0 aromatic heterocycles. The van der Waals surface area contributed by atoms with Gasteiger partial charge >= 0.3 is 0 Å². The minimum atomic E-state index is 0.717. The van der Waals surface area contributed by atoms with E-state index in [1.54, 1.807) is 11.8 Å². The summed E-state index contributed by atoms with van der Waals surface area (Å²) in [5.74, 6) is 0. The fraction of sp³-hybridized carbons (Fsp3) is 0.0625. The van der Waals surface area contributed by atoms with Gasteiger partial charge in [-0.2, -0.15) is 0 Å². The lowest BCUT2D eigenvalue weighted by Crippen LogP contribution is -2.04. The molecule has 2 rings (SSSR count). The molecule has 0 aliphatic heterocycles. The van der Waals surface area contributed by atoms with E-state index in [0.717, 1.165) is 5.69 Å². The monoisotopic (exact) mass is 285 g/mol. The average Bonchev–Trinajstić information content (AvgIpc) is 2.40. The molecule has 0 aliphatic carbocycles. The Morgan fingerprint density at radius 3 is 2.63 bits per heavy atom. The smallest absolute Gasteiger partial charge is 0.104 e. The Kier molecular flexibility index (Phi) is 5.19. The van der Waals surface area contributed by atoms with Crippen molar-refractivity contribution in [1.82, 2.24) is 0 Å². The van der Waals surface area contributed by atoms with Crippen LogP contribution in [0.25, 0.3) is 0 Å². The number of hydrogen-bond acceptors (Lipinski definition) is 2. The van der Waals surface area contributed by atoms with Crippen LogP contribution in [0.3, 0.4) is 0 Å². The second kappa shape index (κ2) is 7.12. The molecule has 1 nitrogen and oxygen atoms in total. The van der Waals surface area contributed by atoms with Gasteiger partial charge in [0.15, 0.2) is 0 Å². The molecule has 0 amide bonds. The van der Waals surface area contributed by atoms with Crippen molar-refractivity contribution in [2.45, 2.75) is 11.8 Å². The van der Waals surface area contributed by atoms with Crippen molar-refractivity contribution >= 4 is 34.7 Å². The summed E-state index contributed by atoms with van der Waals surface area (Å²) in [4.78, 5) is 1.92. The van der Waals surface area contributed by atoms with E-state index in [1.807, 2.05) is 41.8 Å². The maximum absolute atomic E-state index is 5.28. The van der Waals surface area contributed by atoms with E-state index < -0.39 is 0 Å². The van der Waals surface area contributed by atoms with Crippen molar-refractivity contribution in [2.75, 3.05) is 5.32 Å². The molecule has 0 heterocycles. The van der Waals surface area contributed by atoms with E-state index >= 15 is 0 Å². The Morgan fingerprint density at radius 2 is 1.89 bits per heavy atom. The van der Waals surface area contributed by atoms with Gasteiger partial charge in [-0.05, 0) is 48.2 Å². The van der Waals surface area contributed by atoms with Crippen LogP contribution >= 0.6 is 24.0 Å². The average molecular weight is 285 g/mol. The van der Waals surface area contributed by atoms with Gasteiger partial charge in [0.05, 0.1) is 0 Å². The summed E-state index contributed by atoms with van der Waals surface area (Å²) >= 11 is 6.94. The number of rotatable bonds is 4. The van der Waals surface area contributed by atoms with Crippen LogP contribution in [0, 0.1) is 6.92 Å². The van der Waals surface area contributed by atoms with Crippen molar-refractivity contribution in [1.29, 1.82) is 0 Å². The van der Waals surface area contributed by atoms with Gasteiger partial charge in [0.1, 0.15) is 4.99 Å². The maximum atomic E-state index is 5.28. The number of hydrogen-bond donors (Lipinski definition) is 1. The van der Waals surface area contributed by atoms with Gasteiger partial charge in [0.2, 0.25) is 0 Å². The lowest BCUT2D eigenvalue weighted by Gasteiger charge is -2.04. The molecule has 0 bridgehead atoms. The lowest BCUT2D eigenvalue weighted by atomic mass is 10.2. The first-order valence-corrected chi connectivity index (χ1v) is 7.29. The molecule has 3 heteroatoms. The van der Waals surface area contributed by atoms with Gasteiger partial charge < -0.3 is 5.32 Å². The maximum Gasteiger partial charge on any atom is 0.104 e. The van der Waals surface area contributed by atoms with Gasteiger partial charge in [-0.3, -0.25) is 0 Å². The first kappa shape index (κ1) is 13.8. The molecule has 0 aliphatic rings. The van der Waals surface area contributed by atoms with Gasteiger partial charge in [0, 0.05) is 10.6 Å². The zero-order chi connectivity index (χ0) is 13.5. The second-order valence-corrected chi connectivity index (χ2v) is 5.51. The van der Waals surface area contributed by atoms with Crippen molar-refractivity contribution in [3.8, 4) is 0 Å². The standard InChI is InChI=1S/C16H15NS2/c1-13-6-5-7-14(12-13)17-16(18)10-11-19-15-8-3-2-4-9-15/h2-12H,1H3,(H,17,18). The van der Waals surface area contributed by atoms with Gasteiger partial charge in [0.25, 0.3) is 0 Å². The van der Waals surface area contributed by atoms with Crippen LogP contribution in [0.1, 0.15) is 5.56 Å². The molecule has 0 saturated heterocycles. The van der Waals surface area contributed by atoms with Crippen molar-refractivity contribution in [3.63, 3.8) is 0 Å². The Hall–Kier alpha value is -1.58. The molecule has 1 N–H and O–H groups in total. The van der Waals surface area contributed by atoms with Crippen molar-refractivity contribution in [2.24, 2.45) is 0 Å². The minimum Gasteiger partial charge on any atom is -0.347 e. The van der Waals surface area contributed by atoms with Gasteiger partial charge in [-0.25, -0.2) is 0 Å². The van der Waals surface area contributed by atoms with Crippen LogP contribution in [0.5, 0.6) is 0 Å². The Labute approximate surface area is 123 Å². The fourth-order valence-corrected chi connectivity index (χ4v) is 2.53. The predicted molar refractivity (Wildman–Crippen MR) is 88.8 cm³/mol. The highest BCUT2D eigenvalue weighted by molar-refractivity contribution is 8.02. The fourth-order valence-electron chi connectivity index (χ4n) is 1.58. The number of anilines is 1. The van der Waals surface area contributed by atoms with E-state index in [9.17, 15) is 0 Å². The molecule has 2 aromatic rings. The Bertz CT molecular complexity index is 576. The van der Waals surface area contributed by atoms with Crippen LogP contribution < -0.4 is 5.32 Å². The number of nitrogens with one attached hydrogen (secondary N) is 1. The second-order valence-electron chi connectivity index (χ2n) is 4.09. The predicted octanol–water partition coefficient (Wildman–Crippen LogP) is 5.04. The van der Waals surface area contributed by atoms with Crippen LogP contribution in [-0.4, -0.2) is 4.99 Å². The van der Waals surface area contributed by atoms with E-state index in [4.69, 9.17) is 12.2 Å². The van der Waals surface area contributed by atoms with Crippen LogP contribution in [0.4, 0.5) is 5.69 Å². The normalized spacial score (nSPS) is 10.6. The molecule has 0 spiro atoms. The van der Waals surface area contributed by atoms with Gasteiger partial charge in [-0.15, -0.1) is 0 Å². The highest BCUT2D eigenvalue weighted by Crippen LogP contribution is 2.18. The first-order chi connectivity index (χ1) is 9.24. The molecule has 2 aromatic carbocycles. The largest absolute Gasteiger partial charge is 0.347 e. The highest BCUT2D eigenvalue weighted by Gasteiger charge is 1.94. The molecule has 0 atom stereocenters. The molecule has 0 radical (unpaired) electrons. The SMILES string of the molecule is Cc1cccc(NC(=S)C=CSc2ccccc2)c1. The third kappa shape index (κ3) is 4.89. The molecule has 96 valence electrons. The van der Waals surface area contributed by atoms with Crippen molar-refractivity contribution in [3.05, 3.63) is 71.6 Å². The van der Waals surface area contributed by atoms with Crippen molar-refractivity contribution < 1.29 is 0 Å². The third-order valence-electron chi connectivity index (χ3n) is 2.45. The van der Waals surface area contributed by atoms with E-state index in [0.29, 0.717) is 4.99 Å². The number of aryl methyl sites for hydroxylation is 1. The first-order valence-electron chi connectivity index (χ1n) is 6.00. The summed E-state index contributed by atoms with van der Waals surface area (Å²) in [5.41, 5.74) is 2.25. The topological polar surface area (TPSA) is 12.0 Å². The van der Waals surface area contributed by atoms with E-state index in [1.165, 1.54) is 10.5 Å². The van der Waals surface area contributed by atoms with Gasteiger partial charge in [-0.1, -0.05) is 54.3 Å². The summed E-state index contributed by atoms with van der Waals surface area (Å²) in [5, 5.41) is 5.20. The number of thiocarbonyl (C=S) groups is 1. The Morgan fingerprint density at radius 1 is 1.11 bits per heavy atom. The molecule has 0 saturated carbocycles. The number of thioether (sulfide) groups is 1. The zero-order valence-electron chi connectivity index (χ0n) is 10.7. The summed E-state index contributed by atoms with van der Waals surface area (Å²) in [6.07, 6.45) is 1.91. The quantitative estimate of drug-likeness (QED) is 0.480. The van der Waals surface area contributed by atoms with Crippen LogP contribution in [0.15, 0.2) is 71.0 Å². The molecule has 0 unspecified atom stereocenters. The lowest BCUT2D eigenvalue weighted by molar-refractivity contribution is 1.47. The number of benzene rings is 2. The summed E-state index contributed by atoms with van der Waals surface area (Å²) in [6.45, 7) is 2.06. The Balaban J connectivity index is 1.88. The van der Waals surface area contributed by atoms with Crippen LogP contribution in [0.2, 0.25) is 0 Å². The molecular formula is C16H15NS2. The summed E-state index contributed by atoms with van der Waals surface area (Å²) in [6, 6.07) is 18.4. The van der Waals surface area contributed by atoms with E-state index in [-0.39, 0.29) is 0 Å². The summed E-state index contributed by atoms with van der Waals surface area (Å²) in [7, 11) is 0. The highest BCUT2D eigenvalue weighted by atomic mass is 32.2. The molecule has 0 fully saturated rings. The molecular weight excluding hydrogens is 270 g/mol. The zero-order valence-corrected chi connectivity index (χ0v) is 12.3. The van der Waals surface area contributed by atoms with Crippen LogP contribution in [-0.2, 0) is 0 Å². The summed E-state index contributed by atoms with van der Waals surface area (Å²) < 4.78 is 0. The van der Waals surface area contributed by atoms with E-state index in [2.05, 4.69) is 36.5 Å². The third-order valence-corrected chi connectivity index (χ3v) is 3.51. The minimum absolute atomic E-state index is 0.717.